The normalized spacial score (nSPS) is 29.2. The van der Waals surface area contributed by atoms with Crippen molar-refractivity contribution < 1.29 is 18.7 Å². The van der Waals surface area contributed by atoms with Crippen molar-refractivity contribution in [3.8, 4) is 0 Å². The van der Waals surface area contributed by atoms with Gasteiger partial charge in [-0.2, -0.15) is 0 Å². The van der Waals surface area contributed by atoms with Crippen LogP contribution < -0.4 is 0 Å². The first-order chi connectivity index (χ1) is 12.1. The molecule has 0 spiro atoms. The van der Waals surface area contributed by atoms with E-state index in [1.807, 2.05) is 43.3 Å². The molecule has 2 aromatic rings. The highest BCUT2D eigenvalue weighted by atomic mass is 32.2. The van der Waals surface area contributed by atoms with Crippen LogP contribution in [0.1, 0.15) is 24.2 Å². The molecule has 0 amide bonds. The molecule has 1 heterocycles. The third kappa shape index (κ3) is 4.22. The topological polar surface area (TPSA) is 35.5 Å². The molecule has 3 rings (SSSR count). The van der Waals surface area contributed by atoms with Gasteiger partial charge in [0.05, 0.1) is 16.9 Å². The third-order valence-corrected chi connectivity index (χ3v) is 5.83. The molecule has 1 fully saturated rings. The van der Waals surface area contributed by atoms with Crippen LogP contribution in [0.4, 0.5) is 4.39 Å². The fourth-order valence-corrected chi connectivity index (χ4v) is 4.17. The van der Waals surface area contributed by atoms with Crippen molar-refractivity contribution in [2.24, 2.45) is 5.92 Å². The number of hydrogen-bond donors (Lipinski definition) is 0. The first-order valence-corrected chi connectivity index (χ1v) is 9.21. The average Bonchev–Trinajstić information content (AvgIpc) is 2.63. The molecule has 0 bridgehead atoms. The summed E-state index contributed by atoms with van der Waals surface area (Å²) in [7, 11) is 0. The van der Waals surface area contributed by atoms with Gasteiger partial charge in [-0.3, -0.25) is 0 Å². The number of carbonyl (C=O) groups excluding carboxylic acids is 1. The summed E-state index contributed by atoms with van der Waals surface area (Å²) in [5.74, 6) is -0.592. The van der Waals surface area contributed by atoms with Crippen LogP contribution in [0.3, 0.4) is 0 Å². The molecular formula is C20H21FO3S. The molecule has 1 aliphatic rings. The van der Waals surface area contributed by atoms with E-state index >= 15 is 0 Å². The van der Waals surface area contributed by atoms with Crippen LogP contribution in [-0.4, -0.2) is 29.8 Å². The maximum atomic E-state index is 14.5. The summed E-state index contributed by atoms with van der Waals surface area (Å²) in [6, 6.07) is 18.4. The molecule has 25 heavy (non-hydrogen) atoms. The van der Waals surface area contributed by atoms with Gasteiger partial charge in [0.2, 0.25) is 6.36 Å². The smallest absolute Gasteiger partial charge is 0.338 e. The fourth-order valence-electron chi connectivity index (χ4n) is 3.00. The number of alkyl halides is 1. The molecule has 0 saturated carbocycles. The molecule has 5 unspecified atom stereocenters. The summed E-state index contributed by atoms with van der Waals surface area (Å²) in [6.07, 6.45) is -2.40. The van der Waals surface area contributed by atoms with Gasteiger partial charge in [-0.25, -0.2) is 9.18 Å². The van der Waals surface area contributed by atoms with Gasteiger partial charge in [-0.1, -0.05) is 43.3 Å². The highest BCUT2D eigenvalue weighted by Crippen LogP contribution is 2.39. The number of thioether (sulfide) groups is 1. The van der Waals surface area contributed by atoms with Crippen molar-refractivity contribution in [3.05, 3.63) is 66.2 Å². The standard InChI is InChI=1S/C20H21FO3S/c1-13-17(24-20(22)15-9-5-3-6-10-15)14(2)23-19(21)18(13)25-16-11-7-4-8-12-16/h3-14,17-19H,1-2H3. The quantitative estimate of drug-likeness (QED) is 0.739. The van der Waals surface area contributed by atoms with E-state index in [4.69, 9.17) is 9.47 Å². The van der Waals surface area contributed by atoms with Gasteiger partial charge in [-0.05, 0) is 31.2 Å². The summed E-state index contributed by atoms with van der Waals surface area (Å²) in [4.78, 5) is 13.3. The Morgan fingerprint density at radius 3 is 2.28 bits per heavy atom. The first-order valence-electron chi connectivity index (χ1n) is 8.33. The molecule has 1 saturated heterocycles. The van der Waals surface area contributed by atoms with Crippen LogP contribution in [0.2, 0.25) is 0 Å². The van der Waals surface area contributed by atoms with Gasteiger partial charge in [-0.15, -0.1) is 11.8 Å². The van der Waals surface area contributed by atoms with Gasteiger partial charge < -0.3 is 9.47 Å². The van der Waals surface area contributed by atoms with Gasteiger partial charge in [0.25, 0.3) is 0 Å². The molecule has 5 heteroatoms. The monoisotopic (exact) mass is 360 g/mol. The predicted molar refractivity (Wildman–Crippen MR) is 96.3 cm³/mol. The minimum absolute atomic E-state index is 0.184. The second-order valence-corrected chi connectivity index (χ2v) is 7.43. The van der Waals surface area contributed by atoms with Crippen LogP contribution in [0.15, 0.2) is 65.6 Å². The van der Waals surface area contributed by atoms with Crippen LogP contribution in [0.5, 0.6) is 0 Å². The summed E-state index contributed by atoms with van der Waals surface area (Å²) < 4.78 is 25.6. The van der Waals surface area contributed by atoms with Crippen molar-refractivity contribution in [2.75, 3.05) is 0 Å². The zero-order chi connectivity index (χ0) is 17.8. The van der Waals surface area contributed by atoms with E-state index in [0.29, 0.717) is 5.56 Å². The van der Waals surface area contributed by atoms with Gasteiger partial charge >= 0.3 is 5.97 Å². The number of benzene rings is 2. The van der Waals surface area contributed by atoms with Crippen molar-refractivity contribution in [2.45, 2.75) is 42.6 Å². The maximum Gasteiger partial charge on any atom is 0.338 e. The van der Waals surface area contributed by atoms with E-state index in [-0.39, 0.29) is 5.92 Å². The Bertz CT molecular complexity index is 695. The Balaban J connectivity index is 1.73. The number of rotatable bonds is 4. The Kier molecular flexibility index (Phi) is 5.76. The molecule has 3 nitrogen and oxygen atoms in total. The number of ether oxygens (including phenoxy) is 2. The Morgan fingerprint density at radius 2 is 1.64 bits per heavy atom. The van der Waals surface area contributed by atoms with Crippen molar-refractivity contribution in [1.29, 1.82) is 0 Å². The SMILES string of the molecule is CC1OC(F)C(Sc2ccccc2)C(C)C1OC(=O)c1ccccc1. The second kappa shape index (κ2) is 8.02. The molecule has 0 aromatic heterocycles. The lowest BCUT2D eigenvalue weighted by Crippen LogP contribution is -2.51. The van der Waals surface area contributed by atoms with Gasteiger partial charge in [0.1, 0.15) is 6.10 Å². The first kappa shape index (κ1) is 18.0. The number of hydrogen-bond acceptors (Lipinski definition) is 4. The molecule has 0 radical (unpaired) electrons. The lowest BCUT2D eigenvalue weighted by molar-refractivity contribution is -0.174. The lowest BCUT2D eigenvalue weighted by atomic mass is 9.93. The molecule has 0 N–H and O–H groups in total. The molecule has 5 atom stereocenters. The molecule has 2 aromatic carbocycles. The summed E-state index contributed by atoms with van der Waals surface area (Å²) in [5.41, 5.74) is 0.483. The van der Waals surface area contributed by atoms with E-state index in [1.54, 1.807) is 31.2 Å². The number of carbonyl (C=O) groups is 1. The van der Waals surface area contributed by atoms with E-state index < -0.39 is 29.8 Å². The summed E-state index contributed by atoms with van der Waals surface area (Å²) in [5, 5.41) is -0.438. The zero-order valence-corrected chi connectivity index (χ0v) is 15.0. The summed E-state index contributed by atoms with van der Waals surface area (Å²) in [6.45, 7) is 3.66. The minimum atomic E-state index is -1.40. The van der Waals surface area contributed by atoms with Crippen molar-refractivity contribution in [1.82, 2.24) is 0 Å². The van der Waals surface area contributed by atoms with E-state index in [1.165, 1.54) is 11.8 Å². The van der Waals surface area contributed by atoms with Gasteiger partial charge in [0.15, 0.2) is 0 Å². The van der Waals surface area contributed by atoms with Crippen LogP contribution >= 0.6 is 11.8 Å². The number of esters is 1. The van der Waals surface area contributed by atoms with E-state index in [9.17, 15) is 9.18 Å². The van der Waals surface area contributed by atoms with Crippen LogP contribution in [0.25, 0.3) is 0 Å². The zero-order valence-electron chi connectivity index (χ0n) is 14.2. The second-order valence-electron chi connectivity index (χ2n) is 6.18. The fraction of sp³-hybridized carbons (Fsp3) is 0.350. The van der Waals surface area contributed by atoms with E-state index in [2.05, 4.69) is 0 Å². The maximum absolute atomic E-state index is 14.5. The van der Waals surface area contributed by atoms with Gasteiger partial charge in [0, 0.05) is 10.8 Å². The molecular weight excluding hydrogens is 339 g/mol. The van der Waals surface area contributed by atoms with E-state index in [0.717, 1.165) is 4.90 Å². The van der Waals surface area contributed by atoms with Crippen molar-refractivity contribution >= 4 is 17.7 Å². The number of halogens is 1. The highest BCUT2D eigenvalue weighted by Gasteiger charge is 2.44. The van der Waals surface area contributed by atoms with Crippen LogP contribution in [0, 0.1) is 5.92 Å². The molecule has 1 aliphatic heterocycles. The largest absolute Gasteiger partial charge is 0.456 e. The predicted octanol–water partition coefficient (Wildman–Crippen LogP) is 4.72. The third-order valence-electron chi connectivity index (χ3n) is 4.37. The lowest BCUT2D eigenvalue weighted by Gasteiger charge is -2.41. The Labute approximate surface area is 151 Å². The molecule has 0 aliphatic carbocycles. The Morgan fingerprint density at radius 1 is 1.04 bits per heavy atom. The molecule has 132 valence electrons. The van der Waals surface area contributed by atoms with Crippen molar-refractivity contribution in [3.63, 3.8) is 0 Å². The highest BCUT2D eigenvalue weighted by molar-refractivity contribution is 8.00. The minimum Gasteiger partial charge on any atom is -0.456 e. The average molecular weight is 360 g/mol. The summed E-state index contributed by atoms with van der Waals surface area (Å²) >= 11 is 1.42. The Hall–Kier alpha value is -1.85. The van der Waals surface area contributed by atoms with Crippen LogP contribution in [-0.2, 0) is 9.47 Å².